The quantitative estimate of drug-likeness (QED) is 0.902. The van der Waals surface area contributed by atoms with Gasteiger partial charge in [0.1, 0.15) is 0 Å². The maximum absolute atomic E-state index is 11.5. The molecule has 0 saturated carbocycles. The van der Waals surface area contributed by atoms with Crippen LogP contribution in [0.4, 0.5) is 0 Å². The highest BCUT2D eigenvalue weighted by molar-refractivity contribution is 6.30. The minimum atomic E-state index is -0.0320. The topological polar surface area (TPSA) is 56.2 Å². The maximum atomic E-state index is 11.5. The summed E-state index contributed by atoms with van der Waals surface area (Å²) in [7, 11) is 0. The molecule has 1 aromatic heterocycles. The molecule has 1 N–H and O–H groups in total. The third-order valence-corrected chi connectivity index (χ3v) is 4.54. The first-order valence-electron chi connectivity index (χ1n) is 8.25. The number of carbonyl (C=O) groups excluding carboxylic acids is 1. The number of nitrogens with one attached hydrogen (secondary N) is 1. The lowest BCUT2D eigenvalue weighted by Gasteiger charge is -2.36. The summed E-state index contributed by atoms with van der Waals surface area (Å²) in [6.45, 7) is 2.36. The van der Waals surface area contributed by atoms with Gasteiger partial charge in [-0.25, -0.2) is 0 Å². The highest BCUT2D eigenvalue weighted by atomic mass is 35.5. The fourth-order valence-corrected chi connectivity index (χ4v) is 3.33. The van der Waals surface area contributed by atoms with Crippen molar-refractivity contribution in [2.45, 2.75) is 51.0 Å². The van der Waals surface area contributed by atoms with E-state index in [2.05, 4.69) is 10.4 Å². The molecule has 0 aliphatic carbocycles. The molecule has 6 heteroatoms. The third-order valence-electron chi connectivity index (χ3n) is 4.29. The third kappa shape index (κ3) is 4.58. The van der Waals surface area contributed by atoms with Gasteiger partial charge in [-0.1, -0.05) is 23.7 Å². The van der Waals surface area contributed by atoms with E-state index in [1.165, 1.54) is 0 Å². The summed E-state index contributed by atoms with van der Waals surface area (Å²) in [4.78, 5) is 11.5. The van der Waals surface area contributed by atoms with Crippen LogP contribution in [0.1, 0.15) is 37.9 Å². The van der Waals surface area contributed by atoms with Crippen LogP contribution in [-0.4, -0.2) is 27.8 Å². The summed E-state index contributed by atoms with van der Waals surface area (Å²) >= 11 is 5.98. The molecule has 1 aliphatic heterocycles. The van der Waals surface area contributed by atoms with Crippen molar-refractivity contribution in [3.8, 4) is 0 Å². The summed E-state index contributed by atoms with van der Waals surface area (Å²) in [5, 5.41) is 7.99. The van der Waals surface area contributed by atoms with Gasteiger partial charge in [0.2, 0.25) is 5.91 Å². The van der Waals surface area contributed by atoms with Crippen molar-refractivity contribution in [2.24, 2.45) is 0 Å². The zero-order valence-electron chi connectivity index (χ0n) is 13.7. The summed E-state index contributed by atoms with van der Waals surface area (Å²) in [6, 6.07) is 9.78. The van der Waals surface area contributed by atoms with Crippen molar-refractivity contribution in [3.63, 3.8) is 0 Å². The van der Waals surface area contributed by atoms with Crippen LogP contribution in [0.2, 0.25) is 5.02 Å². The van der Waals surface area contributed by atoms with Gasteiger partial charge < -0.3 is 10.1 Å². The fourth-order valence-electron chi connectivity index (χ4n) is 3.21. The lowest BCUT2D eigenvalue weighted by atomic mass is 9.93. The first kappa shape index (κ1) is 17.0. The summed E-state index contributed by atoms with van der Waals surface area (Å²) in [6.07, 6.45) is 6.24. The second kappa shape index (κ2) is 7.81. The van der Waals surface area contributed by atoms with Crippen molar-refractivity contribution in [2.75, 3.05) is 0 Å². The second-order valence-electron chi connectivity index (χ2n) is 6.22. The minimum Gasteiger partial charge on any atom is -0.370 e. The van der Waals surface area contributed by atoms with Gasteiger partial charge in [-0.15, -0.1) is 0 Å². The Morgan fingerprint density at radius 1 is 1.38 bits per heavy atom. The smallest absolute Gasteiger partial charge is 0.217 e. The van der Waals surface area contributed by atoms with E-state index >= 15 is 0 Å². The number of nitrogens with zero attached hydrogens (tertiary/aromatic N) is 2. The van der Waals surface area contributed by atoms with Crippen LogP contribution in [0, 0.1) is 0 Å². The van der Waals surface area contributed by atoms with Crippen LogP contribution in [0.5, 0.6) is 0 Å². The number of ether oxygens (including phenoxy) is 1. The Hall–Kier alpha value is -1.85. The van der Waals surface area contributed by atoms with Gasteiger partial charge in [0, 0.05) is 36.9 Å². The van der Waals surface area contributed by atoms with Crippen molar-refractivity contribution in [3.05, 3.63) is 53.3 Å². The van der Waals surface area contributed by atoms with E-state index in [9.17, 15) is 4.79 Å². The molecule has 0 unspecified atom stereocenters. The normalized spacial score (nSPS) is 23.8. The Bertz CT molecular complexity index is 657. The molecule has 24 heavy (non-hydrogen) atoms. The van der Waals surface area contributed by atoms with E-state index in [4.69, 9.17) is 16.3 Å². The average molecular weight is 348 g/mol. The molecule has 1 saturated heterocycles. The highest BCUT2D eigenvalue weighted by Gasteiger charge is 2.30. The van der Waals surface area contributed by atoms with Crippen LogP contribution >= 0.6 is 11.6 Å². The zero-order valence-corrected chi connectivity index (χ0v) is 14.4. The van der Waals surface area contributed by atoms with E-state index in [1.54, 1.807) is 13.1 Å². The van der Waals surface area contributed by atoms with Gasteiger partial charge in [0.05, 0.1) is 12.2 Å². The summed E-state index contributed by atoms with van der Waals surface area (Å²) in [5.41, 5.74) is 1.10. The molecular weight excluding hydrogens is 326 g/mol. The Kier molecular flexibility index (Phi) is 5.53. The Morgan fingerprint density at radius 3 is 2.83 bits per heavy atom. The molecule has 3 rings (SSSR count). The number of aryl methyl sites for hydroxylation is 1. The van der Waals surface area contributed by atoms with Crippen molar-refractivity contribution in [1.82, 2.24) is 15.1 Å². The van der Waals surface area contributed by atoms with Crippen LogP contribution < -0.4 is 5.32 Å². The van der Waals surface area contributed by atoms with Crippen LogP contribution in [0.15, 0.2) is 42.7 Å². The Morgan fingerprint density at radius 2 is 2.17 bits per heavy atom. The number of aromatic nitrogens is 2. The number of hydrogen-bond donors (Lipinski definition) is 1. The van der Waals surface area contributed by atoms with Crippen molar-refractivity contribution < 1.29 is 9.53 Å². The molecule has 2 aromatic rings. The number of halogens is 1. The van der Waals surface area contributed by atoms with Gasteiger partial charge in [0.25, 0.3) is 0 Å². The SMILES string of the molecule is CC(=O)N[C@H]1C[C@@H](CCn2cccn2)O[C@@H](c2ccc(Cl)cc2)C1. The first-order valence-corrected chi connectivity index (χ1v) is 8.63. The Labute approximate surface area is 147 Å². The zero-order chi connectivity index (χ0) is 16.9. The van der Waals surface area contributed by atoms with Gasteiger partial charge in [-0.2, -0.15) is 5.10 Å². The molecule has 0 radical (unpaired) electrons. The number of carbonyl (C=O) groups is 1. The predicted molar refractivity (Wildman–Crippen MR) is 92.7 cm³/mol. The van der Waals surface area contributed by atoms with E-state index in [0.717, 1.165) is 31.4 Å². The molecule has 5 nitrogen and oxygen atoms in total. The van der Waals surface area contributed by atoms with E-state index in [-0.39, 0.29) is 24.2 Å². The molecule has 1 amide bonds. The van der Waals surface area contributed by atoms with Gasteiger partial charge in [-0.3, -0.25) is 9.48 Å². The summed E-state index contributed by atoms with van der Waals surface area (Å²) in [5.74, 6) is 0.00239. The first-order chi connectivity index (χ1) is 11.6. The van der Waals surface area contributed by atoms with Crippen LogP contribution in [-0.2, 0) is 16.1 Å². The maximum Gasteiger partial charge on any atom is 0.217 e. The van der Waals surface area contributed by atoms with E-state index < -0.39 is 0 Å². The van der Waals surface area contributed by atoms with E-state index in [0.29, 0.717) is 5.02 Å². The average Bonchev–Trinajstić information content (AvgIpc) is 3.06. The summed E-state index contributed by atoms with van der Waals surface area (Å²) < 4.78 is 8.19. The molecule has 1 fully saturated rings. The number of amides is 1. The van der Waals surface area contributed by atoms with Crippen molar-refractivity contribution in [1.29, 1.82) is 0 Å². The molecule has 3 atom stereocenters. The fraction of sp³-hybridized carbons (Fsp3) is 0.444. The van der Waals surface area contributed by atoms with Gasteiger partial charge in [0.15, 0.2) is 0 Å². The highest BCUT2D eigenvalue weighted by Crippen LogP contribution is 2.33. The molecule has 0 spiro atoms. The number of hydrogen-bond acceptors (Lipinski definition) is 3. The molecule has 0 bridgehead atoms. The van der Waals surface area contributed by atoms with Crippen LogP contribution in [0.25, 0.3) is 0 Å². The lowest BCUT2D eigenvalue weighted by Crippen LogP contribution is -2.42. The second-order valence-corrected chi connectivity index (χ2v) is 6.66. The monoisotopic (exact) mass is 347 g/mol. The standard InChI is InChI=1S/C18H22ClN3O2/c1-13(23)21-16-11-17(7-10-22-9-2-8-20-22)24-18(12-16)14-3-5-15(19)6-4-14/h2-6,8-9,16-18H,7,10-12H2,1H3,(H,21,23)/t16-,17+,18+/m0/s1. The van der Waals surface area contributed by atoms with Crippen molar-refractivity contribution >= 4 is 17.5 Å². The minimum absolute atomic E-state index is 0.00239. The van der Waals surface area contributed by atoms with Gasteiger partial charge >= 0.3 is 0 Å². The molecule has 128 valence electrons. The number of benzene rings is 1. The largest absolute Gasteiger partial charge is 0.370 e. The Balaban J connectivity index is 1.68. The number of rotatable bonds is 5. The predicted octanol–water partition coefficient (Wildman–Crippen LogP) is 3.35. The molecule has 2 heterocycles. The lowest BCUT2D eigenvalue weighted by molar-refractivity contribution is -0.122. The van der Waals surface area contributed by atoms with Crippen LogP contribution in [0.3, 0.4) is 0 Å². The van der Waals surface area contributed by atoms with Gasteiger partial charge in [-0.05, 0) is 43.0 Å². The molecule has 1 aromatic carbocycles. The van der Waals surface area contributed by atoms with E-state index in [1.807, 2.05) is 41.2 Å². The molecular formula is C18H22ClN3O2. The molecule has 1 aliphatic rings.